The summed E-state index contributed by atoms with van der Waals surface area (Å²) >= 11 is 0. The molecule has 0 aliphatic carbocycles. The Morgan fingerprint density at radius 3 is 2.38 bits per heavy atom. The first-order valence-corrected chi connectivity index (χ1v) is 8.63. The fourth-order valence-corrected chi connectivity index (χ4v) is 2.54. The molecule has 9 nitrogen and oxygen atoms in total. The van der Waals surface area contributed by atoms with Crippen LogP contribution in [0.3, 0.4) is 0 Å². The predicted octanol–water partition coefficient (Wildman–Crippen LogP) is 1.57. The molecule has 2 aromatic rings. The second-order valence-electron chi connectivity index (χ2n) is 5.90. The van der Waals surface area contributed by atoms with E-state index in [1.807, 2.05) is 10.9 Å². The number of benzene rings is 1. The number of amides is 2. The zero-order valence-corrected chi connectivity index (χ0v) is 16.1. The van der Waals surface area contributed by atoms with E-state index in [-0.39, 0.29) is 23.4 Å². The van der Waals surface area contributed by atoms with Gasteiger partial charge in [0, 0.05) is 5.69 Å². The summed E-state index contributed by atoms with van der Waals surface area (Å²) in [6.07, 6.45) is 0. The number of halogens is 1. The molecule has 1 heterocycles. The molecule has 29 heavy (non-hydrogen) atoms. The van der Waals surface area contributed by atoms with E-state index in [9.17, 15) is 23.6 Å². The smallest absolute Gasteiger partial charge is 0.355 e. The summed E-state index contributed by atoms with van der Waals surface area (Å²) in [4.78, 5) is 50.5. The number of hydrogen-bond acceptors (Lipinski definition) is 6. The van der Waals surface area contributed by atoms with E-state index in [1.165, 1.54) is 18.2 Å². The lowest BCUT2D eigenvalue weighted by molar-refractivity contribution is -0.125. The molecule has 1 aromatic heterocycles. The molecule has 3 N–H and O–H groups in total. The van der Waals surface area contributed by atoms with Gasteiger partial charge in [-0.05, 0) is 38.5 Å². The van der Waals surface area contributed by atoms with Crippen LogP contribution in [-0.4, -0.2) is 42.0 Å². The molecule has 2 rings (SSSR count). The van der Waals surface area contributed by atoms with Crippen molar-refractivity contribution < 1.29 is 33.0 Å². The summed E-state index contributed by atoms with van der Waals surface area (Å²) in [5.74, 6) is -3.89. The summed E-state index contributed by atoms with van der Waals surface area (Å²) in [5, 5.41) is 0. The standard InChI is InChI=1S/C19H20FN3O6/c1-4-28-18(26)15-10(2)16(21-11(15)3)19(27)29-9-14(24)22-23-17(25)12-7-5-6-8-13(12)20/h5-8,21H,4,9H2,1-3H3,(H,22,24)(H,23,25). The maximum Gasteiger partial charge on any atom is 0.355 e. The van der Waals surface area contributed by atoms with Crippen LogP contribution in [0.15, 0.2) is 24.3 Å². The van der Waals surface area contributed by atoms with Crippen LogP contribution in [0.25, 0.3) is 0 Å². The summed E-state index contributed by atoms with van der Waals surface area (Å²) < 4.78 is 23.3. The number of aromatic nitrogens is 1. The highest BCUT2D eigenvalue weighted by Crippen LogP contribution is 2.19. The average molecular weight is 405 g/mol. The van der Waals surface area contributed by atoms with Crippen molar-refractivity contribution in [2.24, 2.45) is 0 Å². The van der Waals surface area contributed by atoms with Crippen molar-refractivity contribution in [1.29, 1.82) is 0 Å². The van der Waals surface area contributed by atoms with Gasteiger partial charge in [0.2, 0.25) is 0 Å². The van der Waals surface area contributed by atoms with Crippen LogP contribution in [0.1, 0.15) is 49.4 Å². The van der Waals surface area contributed by atoms with Crippen molar-refractivity contribution in [1.82, 2.24) is 15.8 Å². The van der Waals surface area contributed by atoms with E-state index in [2.05, 4.69) is 4.98 Å². The number of H-pyrrole nitrogens is 1. The van der Waals surface area contributed by atoms with Crippen LogP contribution in [-0.2, 0) is 14.3 Å². The van der Waals surface area contributed by atoms with Gasteiger partial charge in [-0.15, -0.1) is 0 Å². The number of esters is 2. The van der Waals surface area contributed by atoms with Gasteiger partial charge in [0.15, 0.2) is 6.61 Å². The highest BCUT2D eigenvalue weighted by Gasteiger charge is 2.24. The van der Waals surface area contributed by atoms with Gasteiger partial charge in [-0.1, -0.05) is 12.1 Å². The summed E-state index contributed by atoms with van der Waals surface area (Å²) in [6, 6.07) is 5.23. The van der Waals surface area contributed by atoms with Gasteiger partial charge in [-0.3, -0.25) is 20.4 Å². The van der Waals surface area contributed by atoms with E-state index in [4.69, 9.17) is 9.47 Å². The SMILES string of the molecule is CCOC(=O)c1c(C)[nH]c(C(=O)OCC(=O)NNC(=O)c2ccccc2F)c1C. The minimum absolute atomic E-state index is 0.00810. The number of aromatic amines is 1. The maximum atomic E-state index is 13.5. The molecule has 0 radical (unpaired) electrons. The van der Waals surface area contributed by atoms with Gasteiger partial charge >= 0.3 is 11.9 Å². The van der Waals surface area contributed by atoms with Crippen LogP contribution in [0.4, 0.5) is 4.39 Å². The number of carbonyl (C=O) groups is 4. The Morgan fingerprint density at radius 2 is 1.72 bits per heavy atom. The van der Waals surface area contributed by atoms with Crippen molar-refractivity contribution in [2.45, 2.75) is 20.8 Å². The van der Waals surface area contributed by atoms with Gasteiger partial charge in [-0.25, -0.2) is 14.0 Å². The predicted molar refractivity (Wildman–Crippen MR) is 98.5 cm³/mol. The van der Waals surface area contributed by atoms with E-state index >= 15 is 0 Å². The van der Waals surface area contributed by atoms with E-state index < -0.39 is 36.2 Å². The van der Waals surface area contributed by atoms with Crippen molar-refractivity contribution in [3.05, 3.63) is 58.2 Å². The number of carbonyl (C=O) groups excluding carboxylic acids is 4. The van der Waals surface area contributed by atoms with Gasteiger partial charge < -0.3 is 14.5 Å². The van der Waals surface area contributed by atoms with Gasteiger partial charge in [0.1, 0.15) is 11.5 Å². The minimum Gasteiger partial charge on any atom is -0.462 e. The molecule has 0 saturated carbocycles. The molecule has 0 spiro atoms. The van der Waals surface area contributed by atoms with Crippen molar-refractivity contribution in [3.8, 4) is 0 Å². The summed E-state index contributed by atoms with van der Waals surface area (Å²) in [5.41, 5.74) is 4.77. The van der Waals surface area contributed by atoms with E-state index in [0.29, 0.717) is 11.3 Å². The lowest BCUT2D eigenvalue weighted by Gasteiger charge is -2.08. The second-order valence-corrected chi connectivity index (χ2v) is 5.90. The zero-order chi connectivity index (χ0) is 21.6. The molecule has 0 atom stereocenters. The lowest BCUT2D eigenvalue weighted by Crippen LogP contribution is -2.43. The Bertz CT molecular complexity index is 953. The molecular formula is C19H20FN3O6. The molecule has 0 fully saturated rings. The Balaban J connectivity index is 1.91. The molecule has 2 amide bonds. The Kier molecular flexibility index (Phi) is 7.07. The fraction of sp³-hybridized carbons (Fsp3) is 0.263. The third kappa shape index (κ3) is 5.18. The van der Waals surface area contributed by atoms with Gasteiger partial charge in [-0.2, -0.15) is 0 Å². The van der Waals surface area contributed by atoms with Crippen molar-refractivity contribution in [2.75, 3.05) is 13.2 Å². The van der Waals surface area contributed by atoms with Crippen LogP contribution in [0, 0.1) is 19.7 Å². The van der Waals surface area contributed by atoms with Gasteiger partial charge in [0.05, 0.1) is 17.7 Å². The average Bonchev–Trinajstić information content (AvgIpc) is 2.99. The molecular weight excluding hydrogens is 385 g/mol. The molecule has 10 heteroatoms. The molecule has 0 bridgehead atoms. The Labute approximate surface area is 165 Å². The Morgan fingerprint density at radius 1 is 1.03 bits per heavy atom. The van der Waals surface area contributed by atoms with Crippen LogP contribution < -0.4 is 10.9 Å². The third-order valence-corrected chi connectivity index (χ3v) is 3.89. The molecule has 0 unspecified atom stereocenters. The van der Waals surface area contributed by atoms with Crippen LogP contribution in [0.5, 0.6) is 0 Å². The van der Waals surface area contributed by atoms with Crippen molar-refractivity contribution >= 4 is 23.8 Å². The summed E-state index contributed by atoms with van der Waals surface area (Å²) in [7, 11) is 0. The molecule has 1 aromatic carbocycles. The van der Waals surface area contributed by atoms with E-state index in [1.54, 1.807) is 20.8 Å². The van der Waals surface area contributed by atoms with E-state index in [0.717, 1.165) is 6.07 Å². The zero-order valence-electron chi connectivity index (χ0n) is 16.1. The minimum atomic E-state index is -0.864. The maximum absolute atomic E-state index is 13.5. The molecule has 0 aliphatic rings. The summed E-state index contributed by atoms with van der Waals surface area (Å²) in [6.45, 7) is 4.28. The molecule has 154 valence electrons. The first-order chi connectivity index (χ1) is 13.8. The first-order valence-electron chi connectivity index (χ1n) is 8.63. The molecule has 0 saturated heterocycles. The highest BCUT2D eigenvalue weighted by molar-refractivity contribution is 5.99. The second kappa shape index (κ2) is 9.49. The third-order valence-electron chi connectivity index (χ3n) is 3.89. The topological polar surface area (TPSA) is 127 Å². The number of ether oxygens (including phenoxy) is 2. The number of aryl methyl sites for hydroxylation is 1. The number of nitrogens with one attached hydrogen (secondary N) is 3. The quantitative estimate of drug-likeness (QED) is 0.495. The number of hydrazine groups is 1. The normalized spacial score (nSPS) is 10.2. The van der Waals surface area contributed by atoms with Crippen LogP contribution >= 0.6 is 0 Å². The monoisotopic (exact) mass is 405 g/mol. The lowest BCUT2D eigenvalue weighted by atomic mass is 10.1. The van der Waals surface area contributed by atoms with Crippen molar-refractivity contribution in [3.63, 3.8) is 0 Å². The number of hydrogen-bond donors (Lipinski definition) is 3. The Hall–Kier alpha value is -3.69. The van der Waals surface area contributed by atoms with Gasteiger partial charge in [0.25, 0.3) is 11.8 Å². The highest BCUT2D eigenvalue weighted by atomic mass is 19.1. The molecule has 0 aliphatic heterocycles. The number of rotatable bonds is 6. The largest absolute Gasteiger partial charge is 0.462 e. The first kappa shape index (κ1) is 21.6. The van der Waals surface area contributed by atoms with Crippen LogP contribution in [0.2, 0.25) is 0 Å². The fourth-order valence-electron chi connectivity index (χ4n) is 2.54.